The number of nitrogens with zero attached hydrogens (tertiary/aromatic N) is 2. The zero-order valence-corrected chi connectivity index (χ0v) is 15.8. The largest absolute Gasteiger partial charge is 0.372 e. The molecule has 6 heteroatoms. The number of carbonyl (C=O) groups is 1. The Balaban J connectivity index is 1.28. The van der Waals surface area contributed by atoms with E-state index in [4.69, 9.17) is 9.47 Å². The van der Waals surface area contributed by atoms with Gasteiger partial charge in [-0.2, -0.15) is 0 Å². The Morgan fingerprint density at radius 2 is 2.27 bits per heavy atom. The summed E-state index contributed by atoms with van der Waals surface area (Å²) in [7, 11) is 0. The fourth-order valence-electron chi connectivity index (χ4n) is 3.76. The van der Waals surface area contributed by atoms with Crippen molar-refractivity contribution in [2.24, 2.45) is 0 Å². The summed E-state index contributed by atoms with van der Waals surface area (Å²) in [4.78, 5) is 19.7. The SMILES string of the molecule is Cc1csc(C(=O)N2CCC3(CC2)CC(OCc2ccccn2)CO3)c1. The van der Waals surface area contributed by atoms with Gasteiger partial charge in [-0.25, -0.2) is 0 Å². The van der Waals surface area contributed by atoms with Crippen LogP contribution in [0, 0.1) is 6.92 Å². The van der Waals surface area contributed by atoms with Crippen LogP contribution in [0.25, 0.3) is 0 Å². The Morgan fingerprint density at radius 3 is 2.96 bits per heavy atom. The molecule has 2 saturated heterocycles. The van der Waals surface area contributed by atoms with Crippen molar-refractivity contribution < 1.29 is 14.3 Å². The van der Waals surface area contributed by atoms with E-state index < -0.39 is 0 Å². The molecule has 1 unspecified atom stereocenters. The number of likely N-dealkylation sites (tertiary alicyclic amines) is 1. The predicted molar refractivity (Wildman–Crippen MR) is 100 cm³/mol. The normalized spacial score (nSPS) is 22.0. The number of amides is 1. The van der Waals surface area contributed by atoms with Crippen LogP contribution in [0.4, 0.5) is 0 Å². The average Bonchev–Trinajstić information content (AvgIpc) is 3.28. The van der Waals surface area contributed by atoms with Crippen molar-refractivity contribution >= 4 is 17.2 Å². The second-order valence-electron chi connectivity index (χ2n) is 7.23. The van der Waals surface area contributed by atoms with Gasteiger partial charge in [0.25, 0.3) is 5.91 Å². The van der Waals surface area contributed by atoms with E-state index in [1.807, 2.05) is 41.5 Å². The standard InChI is InChI=1S/C20H24N2O3S/c1-15-10-18(26-14-15)19(23)22-8-5-20(6-9-22)11-17(13-25-20)24-12-16-4-2-3-7-21-16/h2-4,7,10,14,17H,5-6,8-9,11-13H2,1H3. The van der Waals surface area contributed by atoms with E-state index >= 15 is 0 Å². The molecule has 0 bridgehead atoms. The van der Waals surface area contributed by atoms with Crippen LogP contribution in [0.2, 0.25) is 0 Å². The van der Waals surface area contributed by atoms with Crippen molar-refractivity contribution in [3.63, 3.8) is 0 Å². The zero-order chi connectivity index (χ0) is 18.0. The van der Waals surface area contributed by atoms with Crippen molar-refractivity contribution in [3.05, 3.63) is 52.0 Å². The first kappa shape index (κ1) is 17.6. The number of hydrogen-bond acceptors (Lipinski definition) is 5. The average molecular weight is 372 g/mol. The highest BCUT2D eigenvalue weighted by Crippen LogP contribution is 2.37. The van der Waals surface area contributed by atoms with E-state index in [0.29, 0.717) is 13.2 Å². The number of piperidine rings is 1. The van der Waals surface area contributed by atoms with E-state index in [2.05, 4.69) is 4.98 Å². The molecule has 2 aromatic rings. The Kier molecular flexibility index (Phi) is 5.07. The molecule has 4 heterocycles. The molecule has 4 rings (SSSR count). The van der Waals surface area contributed by atoms with Gasteiger partial charge in [0.2, 0.25) is 0 Å². The van der Waals surface area contributed by atoms with Crippen LogP contribution >= 0.6 is 11.3 Å². The third-order valence-electron chi connectivity index (χ3n) is 5.27. The number of thiophene rings is 1. The summed E-state index contributed by atoms with van der Waals surface area (Å²) < 4.78 is 12.1. The minimum absolute atomic E-state index is 0.110. The van der Waals surface area contributed by atoms with Gasteiger partial charge in [-0.1, -0.05) is 6.07 Å². The topological polar surface area (TPSA) is 51.7 Å². The van der Waals surface area contributed by atoms with Crippen molar-refractivity contribution in [1.82, 2.24) is 9.88 Å². The van der Waals surface area contributed by atoms with Crippen molar-refractivity contribution in [3.8, 4) is 0 Å². The first-order chi connectivity index (χ1) is 12.6. The van der Waals surface area contributed by atoms with Gasteiger partial charge in [-0.15, -0.1) is 11.3 Å². The quantitative estimate of drug-likeness (QED) is 0.825. The molecule has 5 nitrogen and oxygen atoms in total. The lowest BCUT2D eigenvalue weighted by Crippen LogP contribution is -2.46. The van der Waals surface area contributed by atoms with Gasteiger partial charge in [0.1, 0.15) is 0 Å². The molecule has 1 amide bonds. The first-order valence-electron chi connectivity index (χ1n) is 9.13. The Bertz CT molecular complexity index is 753. The van der Waals surface area contributed by atoms with Crippen LogP contribution < -0.4 is 0 Å². The van der Waals surface area contributed by atoms with Crippen LogP contribution in [-0.2, 0) is 16.1 Å². The number of hydrogen-bond donors (Lipinski definition) is 0. The molecule has 2 aromatic heterocycles. The Labute approximate surface area is 157 Å². The van der Waals surface area contributed by atoms with Gasteiger partial charge in [-0.3, -0.25) is 9.78 Å². The van der Waals surface area contributed by atoms with Gasteiger partial charge < -0.3 is 14.4 Å². The number of rotatable bonds is 4. The number of ether oxygens (including phenoxy) is 2. The van der Waals surface area contributed by atoms with E-state index in [0.717, 1.165) is 48.5 Å². The zero-order valence-electron chi connectivity index (χ0n) is 15.0. The molecular weight excluding hydrogens is 348 g/mol. The van der Waals surface area contributed by atoms with Crippen LogP contribution in [0.5, 0.6) is 0 Å². The highest BCUT2D eigenvalue weighted by atomic mass is 32.1. The monoisotopic (exact) mass is 372 g/mol. The fourth-order valence-corrected chi connectivity index (χ4v) is 4.63. The summed E-state index contributed by atoms with van der Waals surface area (Å²) in [5.41, 5.74) is 1.97. The fraction of sp³-hybridized carbons (Fsp3) is 0.500. The van der Waals surface area contributed by atoms with Crippen LogP contribution in [0.3, 0.4) is 0 Å². The molecule has 2 aliphatic rings. The summed E-state index contributed by atoms with van der Waals surface area (Å²) >= 11 is 1.53. The molecule has 2 aliphatic heterocycles. The maximum Gasteiger partial charge on any atom is 0.263 e. The van der Waals surface area contributed by atoms with Gasteiger partial charge in [0.05, 0.1) is 35.5 Å². The van der Waals surface area contributed by atoms with Crippen LogP contribution in [0.1, 0.15) is 40.2 Å². The summed E-state index contributed by atoms with van der Waals surface area (Å²) in [6, 6.07) is 7.83. The number of aryl methyl sites for hydroxylation is 1. The molecule has 0 aromatic carbocycles. The lowest BCUT2D eigenvalue weighted by atomic mass is 9.88. The van der Waals surface area contributed by atoms with E-state index in [1.165, 1.54) is 11.3 Å². The smallest absolute Gasteiger partial charge is 0.263 e. The molecule has 1 spiro atoms. The van der Waals surface area contributed by atoms with Crippen molar-refractivity contribution in [2.75, 3.05) is 19.7 Å². The molecule has 0 radical (unpaired) electrons. The summed E-state index contributed by atoms with van der Waals surface area (Å²) in [5.74, 6) is 0.152. The molecular formula is C20H24N2O3S. The number of aromatic nitrogens is 1. The third-order valence-corrected chi connectivity index (χ3v) is 6.31. The highest BCUT2D eigenvalue weighted by molar-refractivity contribution is 7.12. The van der Waals surface area contributed by atoms with E-state index in [-0.39, 0.29) is 17.6 Å². The molecule has 1 atom stereocenters. The maximum atomic E-state index is 12.6. The molecule has 0 aliphatic carbocycles. The van der Waals surface area contributed by atoms with Gasteiger partial charge in [0.15, 0.2) is 0 Å². The molecule has 0 N–H and O–H groups in total. The van der Waals surface area contributed by atoms with Crippen LogP contribution in [0.15, 0.2) is 35.8 Å². The van der Waals surface area contributed by atoms with E-state index in [9.17, 15) is 4.79 Å². The lowest BCUT2D eigenvalue weighted by molar-refractivity contribution is -0.0412. The first-order valence-corrected chi connectivity index (χ1v) is 10.0. The van der Waals surface area contributed by atoms with Gasteiger partial charge in [0, 0.05) is 25.7 Å². The number of carbonyl (C=O) groups excluding carboxylic acids is 1. The molecule has 0 saturated carbocycles. The summed E-state index contributed by atoms with van der Waals surface area (Å²) in [6.07, 6.45) is 4.56. The van der Waals surface area contributed by atoms with Crippen molar-refractivity contribution in [1.29, 1.82) is 0 Å². The molecule has 26 heavy (non-hydrogen) atoms. The van der Waals surface area contributed by atoms with E-state index in [1.54, 1.807) is 6.20 Å². The second-order valence-corrected chi connectivity index (χ2v) is 8.14. The Morgan fingerprint density at radius 1 is 1.42 bits per heavy atom. The lowest BCUT2D eigenvalue weighted by Gasteiger charge is -2.38. The second kappa shape index (κ2) is 7.47. The number of pyridine rings is 1. The minimum atomic E-state index is -0.128. The van der Waals surface area contributed by atoms with Crippen LogP contribution in [-0.4, -0.2) is 47.2 Å². The Hall–Kier alpha value is -1.76. The summed E-state index contributed by atoms with van der Waals surface area (Å²) in [5, 5.41) is 2.03. The minimum Gasteiger partial charge on any atom is -0.372 e. The van der Waals surface area contributed by atoms with Gasteiger partial charge >= 0.3 is 0 Å². The summed E-state index contributed by atoms with van der Waals surface area (Å²) in [6.45, 7) is 4.68. The third kappa shape index (κ3) is 3.82. The predicted octanol–water partition coefficient (Wildman–Crippen LogP) is 3.43. The molecule has 2 fully saturated rings. The highest BCUT2D eigenvalue weighted by Gasteiger charge is 2.44. The molecule has 138 valence electrons. The van der Waals surface area contributed by atoms with Crippen molar-refractivity contribution in [2.45, 2.75) is 44.5 Å². The maximum absolute atomic E-state index is 12.6. The van der Waals surface area contributed by atoms with Gasteiger partial charge in [-0.05, 0) is 48.9 Å².